The Morgan fingerprint density at radius 1 is 1.89 bits per heavy atom. The second-order valence-electron chi connectivity index (χ2n) is 1.28. The molecule has 0 spiro atoms. The lowest BCUT2D eigenvalue weighted by atomic mass is 10.7. The molecule has 1 nitrogen and oxygen atoms in total. The highest BCUT2D eigenvalue weighted by atomic mass is 32.2. The highest BCUT2D eigenvalue weighted by Gasteiger charge is 1.91. The van der Waals surface area contributed by atoms with E-state index in [4.69, 9.17) is 17.0 Å². The Morgan fingerprint density at radius 2 is 2.56 bits per heavy atom. The number of hydrogen-bond acceptors (Lipinski definition) is 3. The van der Waals surface area contributed by atoms with Crippen molar-refractivity contribution < 1.29 is 4.74 Å². The van der Waals surface area contributed by atoms with E-state index >= 15 is 0 Å². The zero-order valence-corrected chi connectivity index (χ0v) is 7.06. The van der Waals surface area contributed by atoms with Gasteiger partial charge in [-0.05, 0) is 18.0 Å². The van der Waals surface area contributed by atoms with Crippen molar-refractivity contribution in [3.8, 4) is 0 Å². The van der Waals surface area contributed by atoms with E-state index in [0.29, 0.717) is 11.0 Å². The molecule has 0 bridgehead atoms. The Labute approximate surface area is 65.5 Å². The van der Waals surface area contributed by atoms with Gasteiger partial charge in [0.25, 0.3) is 0 Å². The van der Waals surface area contributed by atoms with Crippen LogP contribution in [0.5, 0.6) is 0 Å². The van der Waals surface area contributed by atoms with Crippen LogP contribution >= 0.6 is 24.0 Å². The highest BCUT2D eigenvalue weighted by Crippen LogP contribution is 2.03. The van der Waals surface area contributed by atoms with Crippen LogP contribution < -0.4 is 0 Å². The molecule has 52 valence electrons. The van der Waals surface area contributed by atoms with Gasteiger partial charge in [-0.3, -0.25) is 0 Å². The molecule has 0 saturated carbocycles. The van der Waals surface area contributed by atoms with E-state index in [1.165, 1.54) is 11.8 Å². The van der Waals surface area contributed by atoms with Crippen LogP contribution in [0.3, 0.4) is 0 Å². The van der Waals surface area contributed by atoms with Gasteiger partial charge in [-0.2, -0.15) is 0 Å². The minimum absolute atomic E-state index is 0.520. The van der Waals surface area contributed by atoms with Gasteiger partial charge >= 0.3 is 0 Å². The Kier molecular flexibility index (Phi) is 6.09. The van der Waals surface area contributed by atoms with E-state index < -0.39 is 0 Å². The van der Waals surface area contributed by atoms with Crippen LogP contribution in [0, 0.1) is 0 Å². The molecule has 0 aromatic heterocycles. The van der Waals surface area contributed by atoms with Gasteiger partial charge in [0.2, 0.25) is 4.38 Å². The van der Waals surface area contributed by atoms with Gasteiger partial charge < -0.3 is 4.74 Å². The predicted octanol–water partition coefficient (Wildman–Crippen LogP) is 2.23. The third-order valence-corrected chi connectivity index (χ3v) is 1.69. The van der Waals surface area contributed by atoms with Crippen molar-refractivity contribution in [3.63, 3.8) is 0 Å². The monoisotopic (exact) mass is 162 g/mol. The fraction of sp³-hybridized carbons (Fsp3) is 0.500. The quantitative estimate of drug-likeness (QED) is 0.465. The van der Waals surface area contributed by atoms with E-state index in [0.717, 1.165) is 5.75 Å². The molecule has 0 saturated heterocycles. The molecular weight excluding hydrogens is 152 g/mol. The maximum Gasteiger partial charge on any atom is 0.220 e. The first-order chi connectivity index (χ1) is 4.31. The van der Waals surface area contributed by atoms with Gasteiger partial charge in [-0.25, -0.2) is 0 Å². The van der Waals surface area contributed by atoms with Crippen LogP contribution in [0.1, 0.15) is 6.92 Å². The maximum atomic E-state index is 5.01. The molecule has 0 radical (unpaired) electrons. The first-order valence-corrected chi connectivity index (χ1v) is 4.11. The summed E-state index contributed by atoms with van der Waals surface area (Å²) in [5.41, 5.74) is 0. The molecule has 0 aromatic carbocycles. The average Bonchev–Trinajstić information content (AvgIpc) is 1.85. The molecule has 0 aliphatic rings. The van der Waals surface area contributed by atoms with Crippen LogP contribution in [0.2, 0.25) is 0 Å². The van der Waals surface area contributed by atoms with Crippen LogP contribution in [0.15, 0.2) is 12.7 Å². The summed E-state index contributed by atoms with van der Waals surface area (Å²) in [6, 6.07) is 0. The zero-order valence-electron chi connectivity index (χ0n) is 5.42. The molecule has 0 fully saturated rings. The molecule has 3 heteroatoms. The fourth-order valence-electron chi connectivity index (χ4n) is 0.286. The van der Waals surface area contributed by atoms with Gasteiger partial charge in [-0.1, -0.05) is 31.3 Å². The van der Waals surface area contributed by atoms with Crippen molar-refractivity contribution in [2.75, 3.05) is 12.4 Å². The SMILES string of the molecule is C=CCOC(=S)SCC. The number of thiocarbonyl (C=S) groups is 1. The van der Waals surface area contributed by atoms with Crippen molar-refractivity contribution in [2.45, 2.75) is 6.92 Å². The topological polar surface area (TPSA) is 9.23 Å². The lowest BCUT2D eigenvalue weighted by molar-refractivity contribution is 0.371. The normalized spacial score (nSPS) is 8.56. The van der Waals surface area contributed by atoms with Crippen LogP contribution in [-0.4, -0.2) is 16.7 Å². The van der Waals surface area contributed by atoms with E-state index in [-0.39, 0.29) is 0 Å². The smallest absolute Gasteiger partial charge is 0.220 e. The lowest BCUT2D eigenvalue weighted by Gasteiger charge is -2.00. The van der Waals surface area contributed by atoms with Crippen molar-refractivity contribution in [3.05, 3.63) is 12.7 Å². The van der Waals surface area contributed by atoms with Crippen molar-refractivity contribution in [1.29, 1.82) is 0 Å². The number of ether oxygens (including phenoxy) is 1. The first kappa shape index (κ1) is 8.98. The first-order valence-electron chi connectivity index (χ1n) is 2.71. The summed E-state index contributed by atoms with van der Waals surface area (Å²) in [4.78, 5) is 0. The molecule has 0 amide bonds. The van der Waals surface area contributed by atoms with Crippen molar-refractivity contribution in [1.82, 2.24) is 0 Å². The Bertz CT molecular complexity index is 101. The summed E-state index contributed by atoms with van der Waals surface area (Å²) < 4.78 is 5.62. The molecule has 0 unspecified atom stereocenters. The Morgan fingerprint density at radius 3 is 3.00 bits per heavy atom. The number of thioether (sulfide) groups is 1. The van der Waals surface area contributed by atoms with Crippen LogP contribution in [0.4, 0.5) is 0 Å². The molecule has 0 atom stereocenters. The second kappa shape index (κ2) is 6.11. The Hall–Kier alpha value is -0.0200. The third-order valence-electron chi connectivity index (χ3n) is 0.581. The summed E-state index contributed by atoms with van der Waals surface area (Å²) in [5, 5.41) is 0. The van der Waals surface area contributed by atoms with E-state index in [1.807, 2.05) is 6.92 Å². The van der Waals surface area contributed by atoms with Crippen LogP contribution in [0.25, 0.3) is 0 Å². The second-order valence-corrected chi connectivity index (χ2v) is 3.15. The summed E-state index contributed by atoms with van der Waals surface area (Å²) in [5.74, 6) is 0.968. The molecule has 0 rings (SSSR count). The summed E-state index contributed by atoms with van der Waals surface area (Å²) in [6.07, 6.45) is 1.68. The van der Waals surface area contributed by atoms with Gasteiger partial charge in [0.05, 0.1) is 0 Å². The summed E-state index contributed by atoms with van der Waals surface area (Å²) >= 11 is 6.34. The molecule has 0 aromatic rings. The van der Waals surface area contributed by atoms with Gasteiger partial charge in [0, 0.05) is 0 Å². The van der Waals surface area contributed by atoms with E-state index in [2.05, 4.69) is 6.58 Å². The van der Waals surface area contributed by atoms with E-state index in [9.17, 15) is 0 Å². The third kappa shape index (κ3) is 5.86. The van der Waals surface area contributed by atoms with Gasteiger partial charge in [0.1, 0.15) is 6.61 Å². The molecular formula is C6H10OS2. The molecule has 9 heavy (non-hydrogen) atoms. The standard InChI is InChI=1S/C6H10OS2/c1-3-5-7-6(8)9-4-2/h3H,1,4-5H2,2H3. The van der Waals surface area contributed by atoms with Crippen LogP contribution in [-0.2, 0) is 4.74 Å². The Balaban J connectivity index is 3.16. The van der Waals surface area contributed by atoms with Gasteiger partial charge in [-0.15, -0.1) is 0 Å². The average molecular weight is 162 g/mol. The predicted molar refractivity (Wildman–Crippen MR) is 46.9 cm³/mol. The van der Waals surface area contributed by atoms with E-state index in [1.54, 1.807) is 6.08 Å². The minimum atomic E-state index is 0.520. The lowest BCUT2D eigenvalue weighted by Crippen LogP contribution is -1.96. The summed E-state index contributed by atoms with van der Waals surface area (Å²) in [6.45, 7) is 6.05. The molecule has 0 aliphatic carbocycles. The minimum Gasteiger partial charge on any atom is -0.474 e. The summed E-state index contributed by atoms with van der Waals surface area (Å²) in [7, 11) is 0. The van der Waals surface area contributed by atoms with Crippen molar-refractivity contribution >= 4 is 28.4 Å². The maximum absolute atomic E-state index is 5.01. The highest BCUT2D eigenvalue weighted by molar-refractivity contribution is 8.22. The number of hydrogen-bond donors (Lipinski definition) is 0. The van der Waals surface area contributed by atoms with Crippen molar-refractivity contribution in [2.24, 2.45) is 0 Å². The fourth-order valence-corrected chi connectivity index (χ4v) is 1.10. The zero-order chi connectivity index (χ0) is 7.11. The largest absolute Gasteiger partial charge is 0.474 e. The molecule has 0 heterocycles. The molecule has 0 aliphatic heterocycles. The van der Waals surface area contributed by atoms with Gasteiger partial charge in [0.15, 0.2) is 0 Å². The molecule has 0 N–H and O–H groups in total. The number of rotatable bonds is 3.